The fourth-order valence-electron chi connectivity index (χ4n) is 1.51. The molecule has 0 heterocycles. The summed E-state index contributed by atoms with van der Waals surface area (Å²) in [6, 6.07) is 0. The van der Waals surface area contributed by atoms with Gasteiger partial charge in [-0.3, -0.25) is 0 Å². The number of allylic oxidation sites excluding steroid dienone is 2. The van der Waals surface area contributed by atoms with E-state index < -0.39 is 0 Å². The van der Waals surface area contributed by atoms with E-state index in [0.717, 1.165) is 12.8 Å². The van der Waals surface area contributed by atoms with Gasteiger partial charge in [-0.1, -0.05) is 13.8 Å². The monoisotopic (exact) mass is 176 g/mol. The van der Waals surface area contributed by atoms with Gasteiger partial charge in [0.2, 0.25) is 0 Å². The molecule has 0 unspecified atom stereocenters. The van der Waals surface area contributed by atoms with Gasteiger partial charge in [-0.25, -0.2) is 4.39 Å². The summed E-state index contributed by atoms with van der Waals surface area (Å²) in [5, 5.41) is -0.0787. The summed E-state index contributed by atoms with van der Waals surface area (Å²) in [7, 11) is 0. The lowest BCUT2D eigenvalue weighted by molar-refractivity contribution is 0.325. The van der Waals surface area contributed by atoms with Gasteiger partial charge in [0, 0.05) is 5.92 Å². The van der Waals surface area contributed by atoms with Crippen LogP contribution >= 0.6 is 11.6 Å². The van der Waals surface area contributed by atoms with Crippen molar-refractivity contribution >= 4 is 11.6 Å². The normalized spacial score (nSPS) is 32.3. The van der Waals surface area contributed by atoms with Crippen LogP contribution in [0.4, 0.5) is 4.39 Å². The molecule has 0 spiro atoms. The maximum Gasteiger partial charge on any atom is 0.101 e. The van der Waals surface area contributed by atoms with Crippen LogP contribution in [0.2, 0.25) is 0 Å². The second-order valence-corrected chi connectivity index (χ2v) is 4.06. The fraction of sp³-hybridized carbons (Fsp3) is 0.778. The van der Waals surface area contributed by atoms with Crippen LogP contribution < -0.4 is 0 Å². The van der Waals surface area contributed by atoms with E-state index in [1.165, 1.54) is 0 Å². The molecule has 0 aromatic rings. The average molecular weight is 177 g/mol. The van der Waals surface area contributed by atoms with Crippen molar-refractivity contribution in [3.63, 3.8) is 0 Å². The van der Waals surface area contributed by atoms with Gasteiger partial charge in [0.05, 0.1) is 5.38 Å². The van der Waals surface area contributed by atoms with Crippen LogP contribution in [0.5, 0.6) is 0 Å². The fourth-order valence-corrected chi connectivity index (χ4v) is 1.75. The molecule has 0 aliphatic heterocycles. The molecular weight excluding hydrogens is 163 g/mol. The lowest BCUT2D eigenvalue weighted by atomic mass is 9.85. The highest BCUT2D eigenvalue weighted by Crippen LogP contribution is 2.33. The van der Waals surface area contributed by atoms with Gasteiger partial charge in [0.25, 0.3) is 0 Å². The number of hydrogen-bond acceptors (Lipinski definition) is 0. The molecule has 2 heteroatoms. The quantitative estimate of drug-likeness (QED) is 0.537. The van der Waals surface area contributed by atoms with Crippen LogP contribution in [-0.2, 0) is 0 Å². The highest BCUT2D eigenvalue weighted by Gasteiger charge is 2.24. The molecule has 0 fully saturated rings. The first kappa shape index (κ1) is 9.05. The summed E-state index contributed by atoms with van der Waals surface area (Å²) in [5.41, 5.74) is 0. The molecule has 2 atom stereocenters. The Morgan fingerprint density at radius 2 is 2.18 bits per heavy atom. The molecule has 0 radical (unpaired) electrons. The molecule has 1 aliphatic carbocycles. The first-order valence-corrected chi connectivity index (χ1v) is 4.56. The van der Waals surface area contributed by atoms with Crippen molar-refractivity contribution in [3.8, 4) is 0 Å². The number of hydrogen-bond donors (Lipinski definition) is 0. The third-order valence-corrected chi connectivity index (χ3v) is 2.60. The number of halogens is 2. The third kappa shape index (κ3) is 2.19. The zero-order valence-corrected chi connectivity index (χ0v) is 7.74. The van der Waals surface area contributed by atoms with E-state index in [1.807, 2.05) is 13.8 Å². The Hall–Kier alpha value is -0.0400. The van der Waals surface area contributed by atoms with Crippen LogP contribution in [0.15, 0.2) is 11.9 Å². The molecule has 0 amide bonds. The molecule has 0 bridgehead atoms. The third-order valence-electron chi connectivity index (χ3n) is 2.25. The van der Waals surface area contributed by atoms with Crippen LogP contribution in [0.25, 0.3) is 0 Å². The van der Waals surface area contributed by atoms with E-state index in [-0.39, 0.29) is 17.1 Å². The van der Waals surface area contributed by atoms with Crippen molar-refractivity contribution in [2.45, 2.75) is 32.1 Å². The van der Waals surface area contributed by atoms with E-state index in [0.29, 0.717) is 5.92 Å². The molecule has 1 aliphatic rings. The van der Waals surface area contributed by atoms with Gasteiger partial charge >= 0.3 is 0 Å². The second-order valence-electron chi connectivity index (χ2n) is 3.50. The Balaban J connectivity index is 2.64. The van der Waals surface area contributed by atoms with Gasteiger partial charge in [-0.05, 0) is 24.8 Å². The van der Waals surface area contributed by atoms with E-state index in [9.17, 15) is 4.39 Å². The molecule has 11 heavy (non-hydrogen) atoms. The zero-order valence-electron chi connectivity index (χ0n) is 6.98. The van der Waals surface area contributed by atoms with Gasteiger partial charge in [0.15, 0.2) is 0 Å². The Morgan fingerprint density at radius 1 is 1.55 bits per heavy atom. The van der Waals surface area contributed by atoms with Gasteiger partial charge in [-0.2, -0.15) is 0 Å². The molecule has 0 aromatic heterocycles. The number of rotatable bonds is 1. The molecule has 64 valence electrons. The molecule has 1 rings (SSSR count). The first-order chi connectivity index (χ1) is 5.11. The molecule has 0 nitrogen and oxygen atoms in total. The van der Waals surface area contributed by atoms with Gasteiger partial charge in [-0.15, -0.1) is 11.6 Å². The first-order valence-electron chi connectivity index (χ1n) is 4.12. The molecular formula is C9H14ClF. The summed E-state index contributed by atoms with van der Waals surface area (Å²) in [6.45, 7) is 4.10. The summed E-state index contributed by atoms with van der Waals surface area (Å²) in [5.74, 6) is 0.506. The van der Waals surface area contributed by atoms with E-state index in [2.05, 4.69) is 0 Å². The van der Waals surface area contributed by atoms with Crippen LogP contribution in [0.3, 0.4) is 0 Å². The molecule has 0 saturated carbocycles. The highest BCUT2D eigenvalue weighted by atomic mass is 35.5. The maximum absolute atomic E-state index is 13.1. The zero-order chi connectivity index (χ0) is 8.43. The minimum absolute atomic E-state index is 0.00810. The predicted octanol–water partition coefficient (Wildman–Crippen LogP) is 3.51. The highest BCUT2D eigenvalue weighted by molar-refractivity contribution is 6.21. The summed E-state index contributed by atoms with van der Waals surface area (Å²) in [6.07, 6.45) is 3.36. The molecule has 0 N–H and O–H groups in total. The van der Waals surface area contributed by atoms with Crippen molar-refractivity contribution in [2.24, 2.45) is 11.8 Å². The smallest absolute Gasteiger partial charge is 0.101 e. The summed E-state index contributed by atoms with van der Waals surface area (Å²) >= 11 is 5.77. The van der Waals surface area contributed by atoms with E-state index >= 15 is 0 Å². The number of alkyl halides is 1. The van der Waals surface area contributed by atoms with Crippen molar-refractivity contribution in [2.75, 3.05) is 0 Å². The standard InChI is InChI=1S/C9H14ClF/c1-6(2)8-4-3-7(10)5-9(8)11/h5-8H,3-4H2,1-2H3/t7-,8-/m0/s1. The minimum atomic E-state index is -0.0787. The lowest BCUT2D eigenvalue weighted by Gasteiger charge is -2.24. The van der Waals surface area contributed by atoms with E-state index in [4.69, 9.17) is 11.6 Å². The van der Waals surface area contributed by atoms with E-state index in [1.54, 1.807) is 6.08 Å². The largest absolute Gasteiger partial charge is 0.212 e. The molecule has 0 saturated heterocycles. The van der Waals surface area contributed by atoms with Crippen LogP contribution in [0.1, 0.15) is 26.7 Å². The molecule has 0 aromatic carbocycles. The average Bonchev–Trinajstić information content (AvgIpc) is 1.85. The topological polar surface area (TPSA) is 0 Å². The Labute approximate surface area is 72.4 Å². The van der Waals surface area contributed by atoms with Gasteiger partial charge in [0.1, 0.15) is 5.83 Å². The van der Waals surface area contributed by atoms with Crippen molar-refractivity contribution in [1.82, 2.24) is 0 Å². The van der Waals surface area contributed by atoms with Crippen LogP contribution in [-0.4, -0.2) is 5.38 Å². The second kappa shape index (κ2) is 3.57. The van der Waals surface area contributed by atoms with Crippen molar-refractivity contribution in [3.05, 3.63) is 11.9 Å². The Bertz CT molecular complexity index is 163. The Kier molecular flexibility index (Phi) is 2.94. The van der Waals surface area contributed by atoms with Crippen molar-refractivity contribution in [1.29, 1.82) is 0 Å². The Morgan fingerprint density at radius 3 is 2.64 bits per heavy atom. The maximum atomic E-state index is 13.1. The predicted molar refractivity (Wildman–Crippen MR) is 46.4 cm³/mol. The van der Waals surface area contributed by atoms with Crippen molar-refractivity contribution < 1.29 is 4.39 Å². The van der Waals surface area contributed by atoms with Gasteiger partial charge < -0.3 is 0 Å². The summed E-state index contributed by atoms with van der Waals surface area (Å²) in [4.78, 5) is 0. The minimum Gasteiger partial charge on any atom is -0.212 e. The lowest BCUT2D eigenvalue weighted by Crippen LogP contribution is -2.16. The SMILES string of the molecule is CC(C)[C@@H]1CC[C@H](Cl)C=C1F. The summed E-state index contributed by atoms with van der Waals surface area (Å²) < 4.78 is 13.1. The van der Waals surface area contributed by atoms with Crippen LogP contribution in [0, 0.1) is 11.8 Å².